The van der Waals surface area contributed by atoms with Gasteiger partial charge < -0.3 is 14.8 Å². The van der Waals surface area contributed by atoms with E-state index in [4.69, 9.17) is 9.47 Å². The van der Waals surface area contributed by atoms with Crippen molar-refractivity contribution in [3.05, 3.63) is 0 Å². The molecule has 0 aromatic rings. The summed E-state index contributed by atoms with van der Waals surface area (Å²) in [5.41, 5.74) is -0.103. The van der Waals surface area contributed by atoms with E-state index in [1.807, 2.05) is 20.8 Å². The molecule has 0 aromatic carbocycles. The Morgan fingerprint density at radius 1 is 0.688 bits per heavy atom. The fourth-order valence-corrected chi connectivity index (χ4v) is 3.51. The zero-order valence-electron chi connectivity index (χ0n) is 21.9. The predicted octanol–water partition coefficient (Wildman–Crippen LogP) is 7.95. The molecule has 1 atom stereocenters. The highest BCUT2D eigenvalue weighted by atomic mass is 16.6. The number of carbonyl (C=O) groups excluding carboxylic acids is 2. The second-order valence-electron chi connectivity index (χ2n) is 10.5. The van der Waals surface area contributed by atoms with Gasteiger partial charge in [0.25, 0.3) is 0 Å². The molecule has 0 unspecified atom stereocenters. The van der Waals surface area contributed by atoms with Gasteiger partial charge in [0, 0.05) is 0 Å². The summed E-state index contributed by atoms with van der Waals surface area (Å²) in [7, 11) is 0. The third-order valence-corrected chi connectivity index (χ3v) is 5.57. The quantitative estimate of drug-likeness (QED) is 0.149. The van der Waals surface area contributed by atoms with Gasteiger partial charge >= 0.3 is 12.1 Å². The summed E-state index contributed by atoms with van der Waals surface area (Å²) in [5.74, 6) is -0.404. The van der Waals surface area contributed by atoms with Crippen LogP contribution in [0.3, 0.4) is 0 Å². The molecule has 0 radical (unpaired) electrons. The molecule has 0 aliphatic heterocycles. The predicted molar refractivity (Wildman–Crippen MR) is 134 cm³/mol. The van der Waals surface area contributed by atoms with Gasteiger partial charge in [-0.15, -0.1) is 0 Å². The highest BCUT2D eigenvalue weighted by Crippen LogP contribution is 2.14. The monoisotopic (exact) mass is 455 g/mol. The second kappa shape index (κ2) is 20.4. The average molecular weight is 456 g/mol. The van der Waals surface area contributed by atoms with Crippen molar-refractivity contribution in [1.82, 2.24) is 5.32 Å². The first-order valence-electron chi connectivity index (χ1n) is 13.4. The first-order valence-corrected chi connectivity index (χ1v) is 13.4. The second-order valence-corrected chi connectivity index (χ2v) is 10.5. The van der Waals surface area contributed by atoms with Crippen molar-refractivity contribution < 1.29 is 19.1 Å². The van der Waals surface area contributed by atoms with Crippen molar-refractivity contribution in [2.45, 2.75) is 143 Å². The molecule has 0 aliphatic carbocycles. The molecule has 5 nitrogen and oxygen atoms in total. The van der Waals surface area contributed by atoms with Gasteiger partial charge in [-0.05, 0) is 18.8 Å². The molecule has 0 aliphatic rings. The number of nitrogens with one attached hydrogen (secondary N) is 1. The Hall–Kier alpha value is -1.26. The molecule has 5 heteroatoms. The van der Waals surface area contributed by atoms with Crippen molar-refractivity contribution in [2.24, 2.45) is 5.41 Å². The van der Waals surface area contributed by atoms with Crippen LogP contribution in [0.4, 0.5) is 4.79 Å². The molecule has 1 N–H and O–H groups in total. The summed E-state index contributed by atoms with van der Waals surface area (Å²) >= 11 is 0. The molecule has 0 saturated heterocycles. The van der Waals surface area contributed by atoms with E-state index in [9.17, 15) is 9.59 Å². The van der Waals surface area contributed by atoms with Gasteiger partial charge in [0.1, 0.15) is 6.04 Å². The minimum atomic E-state index is -0.691. The molecule has 0 rings (SSSR count). The number of ether oxygens (including phenoxy) is 2. The standard InChI is InChI=1S/C27H53NO4/c1-6-7-8-9-10-11-12-13-14-15-16-17-18-19-20-21-22-31-25(29)24(2)28-26(30)32-23-27(3,4)5/h24H,6-23H2,1-5H3,(H,28,30)/t24-/m0/s1. The number of esters is 1. The Balaban J connectivity index is 3.40. The number of hydrogen-bond acceptors (Lipinski definition) is 4. The lowest BCUT2D eigenvalue weighted by Gasteiger charge is -2.19. The number of carbonyl (C=O) groups is 2. The summed E-state index contributed by atoms with van der Waals surface area (Å²) in [6, 6.07) is -0.691. The zero-order valence-corrected chi connectivity index (χ0v) is 21.9. The maximum atomic E-state index is 11.9. The van der Waals surface area contributed by atoms with E-state index in [0.717, 1.165) is 12.8 Å². The number of alkyl carbamates (subject to hydrolysis) is 1. The Morgan fingerprint density at radius 2 is 1.09 bits per heavy atom. The molecule has 0 spiro atoms. The molecule has 0 saturated carbocycles. The van der Waals surface area contributed by atoms with Crippen LogP contribution in [0.2, 0.25) is 0 Å². The maximum absolute atomic E-state index is 11.9. The van der Waals surface area contributed by atoms with Crippen LogP contribution >= 0.6 is 0 Å². The molecule has 0 heterocycles. The third kappa shape index (κ3) is 22.0. The van der Waals surface area contributed by atoms with Gasteiger partial charge in [0.05, 0.1) is 13.2 Å². The van der Waals surface area contributed by atoms with Crippen LogP contribution in [0.15, 0.2) is 0 Å². The lowest BCUT2D eigenvalue weighted by atomic mass is 9.99. The summed E-state index contributed by atoms with van der Waals surface area (Å²) in [6.07, 6.45) is 20.5. The smallest absolute Gasteiger partial charge is 0.407 e. The molecular weight excluding hydrogens is 402 g/mol. The van der Waals surface area contributed by atoms with Gasteiger partial charge in [-0.1, -0.05) is 124 Å². The fourth-order valence-electron chi connectivity index (χ4n) is 3.51. The van der Waals surface area contributed by atoms with Crippen LogP contribution in [-0.4, -0.2) is 31.3 Å². The molecule has 0 bridgehead atoms. The highest BCUT2D eigenvalue weighted by Gasteiger charge is 2.19. The van der Waals surface area contributed by atoms with Gasteiger partial charge in [-0.25, -0.2) is 9.59 Å². The molecule has 32 heavy (non-hydrogen) atoms. The molecular formula is C27H53NO4. The average Bonchev–Trinajstić information content (AvgIpc) is 2.73. The Kier molecular flexibility index (Phi) is 19.6. The molecule has 0 aromatic heterocycles. The van der Waals surface area contributed by atoms with Crippen LogP contribution in [-0.2, 0) is 14.3 Å². The fraction of sp³-hybridized carbons (Fsp3) is 0.926. The van der Waals surface area contributed by atoms with E-state index >= 15 is 0 Å². The number of hydrogen-bond donors (Lipinski definition) is 1. The Labute approximate surface area is 198 Å². The zero-order chi connectivity index (χ0) is 24.1. The Morgan fingerprint density at radius 3 is 1.50 bits per heavy atom. The summed E-state index contributed by atoms with van der Waals surface area (Å²) in [4.78, 5) is 23.6. The highest BCUT2D eigenvalue weighted by molar-refractivity contribution is 5.80. The van der Waals surface area contributed by atoms with Crippen molar-refractivity contribution in [3.63, 3.8) is 0 Å². The van der Waals surface area contributed by atoms with Crippen molar-refractivity contribution in [3.8, 4) is 0 Å². The van der Waals surface area contributed by atoms with Gasteiger partial charge in [0.2, 0.25) is 0 Å². The SMILES string of the molecule is CCCCCCCCCCCCCCCCCCOC(=O)[C@H](C)NC(=O)OCC(C)(C)C. The van der Waals surface area contributed by atoms with Crippen LogP contribution in [0.5, 0.6) is 0 Å². The number of rotatable bonds is 20. The minimum absolute atomic E-state index is 0.103. The van der Waals surface area contributed by atoms with E-state index in [2.05, 4.69) is 12.2 Å². The van der Waals surface area contributed by atoms with Crippen LogP contribution in [0.1, 0.15) is 137 Å². The summed E-state index contributed by atoms with van der Waals surface area (Å²) in [6.45, 7) is 10.6. The first kappa shape index (κ1) is 30.7. The molecule has 1 amide bonds. The van der Waals surface area contributed by atoms with Crippen LogP contribution in [0, 0.1) is 5.41 Å². The van der Waals surface area contributed by atoms with Crippen molar-refractivity contribution in [2.75, 3.05) is 13.2 Å². The maximum Gasteiger partial charge on any atom is 0.407 e. The topological polar surface area (TPSA) is 64.6 Å². The largest absolute Gasteiger partial charge is 0.464 e. The van der Waals surface area contributed by atoms with E-state index in [1.54, 1.807) is 6.92 Å². The third-order valence-electron chi connectivity index (χ3n) is 5.57. The first-order chi connectivity index (χ1) is 15.3. The molecule has 0 fully saturated rings. The Bertz CT molecular complexity index is 459. The lowest BCUT2D eigenvalue weighted by molar-refractivity contribution is -0.145. The van der Waals surface area contributed by atoms with E-state index in [-0.39, 0.29) is 5.41 Å². The van der Waals surface area contributed by atoms with Gasteiger partial charge in [-0.3, -0.25) is 0 Å². The summed E-state index contributed by atoms with van der Waals surface area (Å²) in [5, 5.41) is 2.52. The number of unbranched alkanes of at least 4 members (excludes halogenated alkanes) is 15. The van der Waals surface area contributed by atoms with Crippen LogP contribution < -0.4 is 5.32 Å². The van der Waals surface area contributed by atoms with E-state index < -0.39 is 18.1 Å². The number of amides is 1. The van der Waals surface area contributed by atoms with Gasteiger partial charge in [-0.2, -0.15) is 0 Å². The van der Waals surface area contributed by atoms with Crippen molar-refractivity contribution >= 4 is 12.1 Å². The summed E-state index contributed by atoms with van der Waals surface area (Å²) < 4.78 is 10.4. The van der Waals surface area contributed by atoms with Crippen LogP contribution in [0.25, 0.3) is 0 Å². The van der Waals surface area contributed by atoms with E-state index in [1.165, 1.54) is 89.9 Å². The minimum Gasteiger partial charge on any atom is -0.464 e. The normalized spacial score (nSPS) is 12.4. The lowest BCUT2D eigenvalue weighted by Crippen LogP contribution is -2.40. The van der Waals surface area contributed by atoms with E-state index in [0.29, 0.717) is 13.2 Å². The van der Waals surface area contributed by atoms with Gasteiger partial charge in [0.15, 0.2) is 0 Å². The van der Waals surface area contributed by atoms with Crippen molar-refractivity contribution in [1.29, 1.82) is 0 Å². The molecule has 190 valence electrons.